The minimum Gasteiger partial charge on any atom is -0.493 e. The lowest BCUT2D eigenvalue weighted by atomic mass is 9.67. The van der Waals surface area contributed by atoms with E-state index in [1.54, 1.807) is 14.2 Å². The molecule has 28 heavy (non-hydrogen) atoms. The van der Waals surface area contributed by atoms with Crippen molar-refractivity contribution in [2.24, 2.45) is 5.41 Å². The van der Waals surface area contributed by atoms with Crippen LogP contribution in [0, 0.1) is 5.41 Å². The molecule has 3 aliphatic rings. The smallest absolute Gasteiger partial charge is 0.164 e. The van der Waals surface area contributed by atoms with Gasteiger partial charge in [-0.1, -0.05) is 12.1 Å². The molecule has 1 aromatic rings. The van der Waals surface area contributed by atoms with E-state index in [0.717, 1.165) is 17.5 Å². The molecule has 0 aromatic heterocycles. The van der Waals surface area contributed by atoms with Crippen LogP contribution in [0.2, 0.25) is 0 Å². The number of nitrogens with one attached hydrogen (secondary N) is 1. The van der Waals surface area contributed by atoms with Crippen molar-refractivity contribution in [1.82, 2.24) is 10.2 Å². The zero-order valence-corrected chi connectivity index (χ0v) is 18.9. The van der Waals surface area contributed by atoms with Crippen LogP contribution in [0.15, 0.2) is 18.2 Å². The summed E-state index contributed by atoms with van der Waals surface area (Å²) >= 11 is 0. The summed E-state index contributed by atoms with van der Waals surface area (Å²) in [6.45, 7) is 4.85. The van der Waals surface area contributed by atoms with Crippen LogP contribution in [-0.4, -0.2) is 51.3 Å². The van der Waals surface area contributed by atoms with E-state index >= 15 is 0 Å². The second-order valence-corrected chi connectivity index (χ2v) is 8.54. The molecular weight excluding hydrogens is 395 g/mol. The summed E-state index contributed by atoms with van der Waals surface area (Å²) in [4.78, 5) is 2.76. The Kier molecular flexibility index (Phi) is 8.75. The number of nitrogens with zero attached hydrogens (tertiary/aromatic N) is 1. The molecule has 6 heteroatoms. The van der Waals surface area contributed by atoms with Gasteiger partial charge in [-0.25, -0.2) is 0 Å². The summed E-state index contributed by atoms with van der Waals surface area (Å²) in [7, 11) is 3.48. The largest absolute Gasteiger partial charge is 0.493 e. The van der Waals surface area contributed by atoms with Gasteiger partial charge in [-0.15, -0.1) is 24.8 Å². The average molecular weight is 431 g/mol. The Morgan fingerprint density at radius 2 is 1.68 bits per heavy atom. The summed E-state index contributed by atoms with van der Waals surface area (Å²) in [6, 6.07) is 7.10. The van der Waals surface area contributed by atoms with Crippen LogP contribution in [0.3, 0.4) is 0 Å². The highest BCUT2D eigenvalue weighted by Crippen LogP contribution is 2.46. The number of hydrogen-bond donors (Lipinski definition) is 1. The second kappa shape index (κ2) is 10.4. The minimum atomic E-state index is 0. The number of methoxy groups -OCH3 is 2. The van der Waals surface area contributed by atoms with E-state index in [0.29, 0.717) is 11.3 Å². The van der Waals surface area contributed by atoms with Crippen LogP contribution in [0.5, 0.6) is 11.5 Å². The van der Waals surface area contributed by atoms with Crippen molar-refractivity contribution in [3.8, 4) is 11.5 Å². The van der Waals surface area contributed by atoms with Gasteiger partial charge >= 0.3 is 0 Å². The van der Waals surface area contributed by atoms with Crippen molar-refractivity contribution < 1.29 is 9.47 Å². The van der Waals surface area contributed by atoms with E-state index in [9.17, 15) is 0 Å². The molecule has 1 atom stereocenters. The number of likely N-dealkylation sites (tertiary alicyclic amines) is 1. The predicted octanol–water partition coefficient (Wildman–Crippen LogP) is 4.65. The van der Waals surface area contributed by atoms with Crippen molar-refractivity contribution in [3.63, 3.8) is 0 Å². The summed E-state index contributed by atoms with van der Waals surface area (Å²) in [5, 5.41) is 3.53. The molecule has 4 nitrogen and oxygen atoms in total. The summed E-state index contributed by atoms with van der Waals surface area (Å²) in [5.74, 6) is 2.35. The summed E-state index contributed by atoms with van der Waals surface area (Å²) < 4.78 is 11.2. The number of piperidine rings is 1. The minimum absolute atomic E-state index is 0. The van der Waals surface area contributed by atoms with Gasteiger partial charge in [0.2, 0.25) is 0 Å². The molecule has 1 aromatic carbocycles. The molecule has 2 aliphatic heterocycles. The maximum absolute atomic E-state index is 5.69. The van der Waals surface area contributed by atoms with E-state index in [-0.39, 0.29) is 24.8 Å². The van der Waals surface area contributed by atoms with Crippen LogP contribution in [-0.2, 0) is 0 Å². The Labute approximate surface area is 182 Å². The lowest BCUT2D eigenvalue weighted by Gasteiger charge is -2.45. The fourth-order valence-corrected chi connectivity index (χ4v) is 5.64. The van der Waals surface area contributed by atoms with Crippen molar-refractivity contribution >= 4 is 24.8 Å². The quantitative estimate of drug-likeness (QED) is 0.753. The van der Waals surface area contributed by atoms with Gasteiger partial charge in [-0.05, 0) is 76.1 Å². The van der Waals surface area contributed by atoms with Crippen LogP contribution < -0.4 is 14.8 Å². The normalized spacial score (nSPS) is 25.0. The van der Waals surface area contributed by atoms with E-state index in [4.69, 9.17) is 9.47 Å². The topological polar surface area (TPSA) is 33.7 Å². The zero-order valence-electron chi connectivity index (χ0n) is 17.2. The van der Waals surface area contributed by atoms with Gasteiger partial charge in [0.15, 0.2) is 11.5 Å². The maximum Gasteiger partial charge on any atom is 0.164 e. The highest BCUT2D eigenvalue weighted by molar-refractivity contribution is 5.85. The van der Waals surface area contributed by atoms with Gasteiger partial charge in [-0.3, -0.25) is 4.90 Å². The molecule has 0 amide bonds. The molecule has 1 unspecified atom stereocenters. The van der Waals surface area contributed by atoms with Crippen molar-refractivity contribution in [3.05, 3.63) is 23.8 Å². The lowest BCUT2D eigenvalue weighted by molar-refractivity contribution is 0.0754. The first-order valence-corrected chi connectivity index (χ1v) is 10.4. The molecule has 2 heterocycles. The average Bonchev–Trinajstić information content (AvgIpc) is 3.18. The van der Waals surface area contributed by atoms with Gasteiger partial charge < -0.3 is 14.8 Å². The fourth-order valence-electron chi connectivity index (χ4n) is 5.64. The van der Waals surface area contributed by atoms with Gasteiger partial charge in [0, 0.05) is 24.1 Å². The van der Waals surface area contributed by atoms with Crippen molar-refractivity contribution in [2.75, 3.05) is 40.4 Å². The monoisotopic (exact) mass is 430 g/mol. The van der Waals surface area contributed by atoms with Crippen LogP contribution in [0.1, 0.15) is 56.4 Å². The number of para-hydroxylation sites is 1. The molecule has 1 saturated carbocycles. The van der Waals surface area contributed by atoms with Crippen LogP contribution in [0.25, 0.3) is 0 Å². The SMILES string of the molecule is COc1cccc(C2CCN(C3CCC4(CCNCC4)CC3)C2)c1OC.Cl.Cl. The van der Waals surface area contributed by atoms with Crippen molar-refractivity contribution in [1.29, 1.82) is 0 Å². The van der Waals surface area contributed by atoms with Gasteiger partial charge in [0.25, 0.3) is 0 Å². The Morgan fingerprint density at radius 3 is 2.32 bits per heavy atom. The van der Waals surface area contributed by atoms with Gasteiger partial charge in [-0.2, -0.15) is 0 Å². The van der Waals surface area contributed by atoms with E-state index < -0.39 is 0 Å². The Bertz CT molecular complexity index is 613. The standard InChI is InChI=1S/C22H34N2O2.2ClH/c1-25-20-5-3-4-19(21(20)26-2)17-8-15-24(16-17)18-6-9-22(10-7-18)11-13-23-14-12-22;;/h3-5,17-18,23H,6-16H2,1-2H3;2*1H. The number of halogens is 2. The Morgan fingerprint density at radius 1 is 0.964 bits per heavy atom. The number of hydrogen-bond acceptors (Lipinski definition) is 4. The molecule has 4 rings (SSSR count). The van der Waals surface area contributed by atoms with Crippen molar-refractivity contribution in [2.45, 2.75) is 56.9 Å². The van der Waals surface area contributed by atoms with E-state index in [2.05, 4.69) is 22.3 Å². The second-order valence-electron chi connectivity index (χ2n) is 8.54. The summed E-state index contributed by atoms with van der Waals surface area (Å²) in [5.41, 5.74) is 1.98. The summed E-state index contributed by atoms with van der Waals surface area (Å²) in [6.07, 6.45) is 9.66. The van der Waals surface area contributed by atoms with E-state index in [1.807, 2.05) is 6.07 Å². The third-order valence-electron chi connectivity index (χ3n) is 7.29. The molecule has 0 bridgehead atoms. The molecule has 0 radical (unpaired) electrons. The fraction of sp³-hybridized carbons (Fsp3) is 0.727. The first kappa shape index (κ1) is 23.6. The van der Waals surface area contributed by atoms with Crippen LogP contribution >= 0.6 is 24.8 Å². The maximum atomic E-state index is 5.69. The third-order valence-corrected chi connectivity index (χ3v) is 7.29. The zero-order chi connectivity index (χ0) is 18.0. The highest BCUT2D eigenvalue weighted by atomic mass is 35.5. The molecule has 160 valence electrons. The Hall–Kier alpha value is -0.680. The van der Waals surface area contributed by atoms with Gasteiger partial charge in [0.1, 0.15) is 0 Å². The molecule has 1 spiro atoms. The van der Waals surface area contributed by atoms with E-state index in [1.165, 1.54) is 76.7 Å². The highest BCUT2D eigenvalue weighted by Gasteiger charge is 2.39. The Balaban J connectivity index is 0.00000140. The molecule has 1 aliphatic carbocycles. The number of ether oxygens (including phenoxy) is 2. The molecular formula is C22H36Cl2N2O2. The number of rotatable bonds is 4. The first-order chi connectivity index (χ1) is 12.7. The van der Waals surface area contributed by atoms with Gasteiger partial charge in [0.05, 0.1) is 14.2 Å². The number of benzene rings is 1. The van der Waals surface area contributed by atoms with Crippen LogP contribution in [0.4, 0.5) is 0 Å². The predicted molar refractivity (Wildman–Crippen MR) is 120 cm³/mol. The molecule has 3 fully saturated rings. The molecule has 1 N–H and O–H groups in total. The molecule has 2 saturated heterocycles. The first-order valence-electron chi connectivity index (χ1n) is 10.4. The third kappa shape index (κ3) is 4.72. The lowest BCUT2D eigenvalue weighted by Crippen LogP contribution is -2.44.